The number of fused-ring (bicyclic) bond motifs is 1. The number of primary amides is 1. The highest BCUT2D eigenvalue weighted by atomic mass is 35.5. The number of nitrogens with one attached hydrogen (secondary N) is 1. The van der Waals surface area contributed by atoms with Crippen molar-refractivity contribution < 1.29 is 9.18 Å². The van der Waals surface area contributed by atoms with Gasteiger partial charge in [-0.1, -0.05) is 48.0 Å². The summed E-state index contributed by atoms with van der Waals surface area (Å²) in [5.41, 5.74) is 9.97. The van der Waals surface area contributed by atoms with Crippen LogP contribution < -0.4 is 5.73 Å². The van der Waals surface area contributed by atoms with E-state index in [0.29, 0.717) is 11.4 Å². The van der Waals surface area contributed by atoms with E-state index in [-0.39, 0.29) is 5.02 Å². The number of benzene rings is 3. The lowest BCUT2D eigenvalue weighted by Gasteiger charge is -2.06. The van der Waals surface area contributed by atoms with Crippen molar-refractivity contribution >= 4 is 40.7 Å². The second-order valence-corrected chi connectivity index (χ2v) is 6.68. The molecule has 28 heavy (non-hydrogen) atoms. The molecule has 3 aromatic carbocycles. The summed E-state index contributed by atoms with van der Waals surface area (Å²) in [6, 6.07) is 17.4. The number of aromatic nitrogens is 2. The standard InChI is InChI=1S/C22H15ClFN3O/c23-17-11-13(5-8-18(17)24)6-10-21-26-19-9-7-14(12-20(19)27-21)15-3-1-2-4-16(15)22(25)28/h1-12H,(H2,25,28)(H,26,27)/b10-6+. The van der Waals surface area contributed by atoms with Gasteiger partial charge >= 0.3 is 0 Å². The van der Waals surface area contributed by atoms with Gasteiger partial charge in [0.05, 0.1) is 16.1 Å². The molecule has 0 atom stereocenters. The number of aromatic amines is 1. The molecule has 6 heteroatoms. The third-order valence-corrected chi connectivity index (χ3v) is 4.67. The van der Waals surface area contributed by atoms with Crippen LogP contribution in [0.1, 0.15) is 21.7 Å². The molecule has 138 valence electrons. The minimum absolute atomic E-state index is 0.0736. The molecule has 4 rings (SSSR count). The Morgan fingerprint density at radius 3 is 2.68 bits per heavy atom. The first-order chi connectivity index (χ1) is 13.5. The summed E-state index contributed by atoms with van der Waals surface area (Å²) in [5, 5.41) is 0.0736. The summed E-state index contributed by atoms with van der Waals surface area (Å²) in [6.45, 7) is 0. The monoisotopic (exact) mass is 391 g/mol. The number of hydrogen-bond acceptors (Lipinski definition) is 2. The zero-order valence-corrected chi connectivity index (χ0v) is 15.4. The van der Waals surface area contributed by atoms with Crippen LogP contribution in [0.2, 0.25) is 5.02 Å². The molecule has 4 aromatic rings. The maximum absolute atomic E-state index is 13.3. The number of carbonyl (C=O) groups excluding carboxylic acids is 1. The topological polar surface area (TPSA) is 71.8 Å². The summed E-state index contributed by atoms with van der Waals surface area (Å²) in [6.07, 6.45) is 3.59. The van der Waals surface area contributed by atoms with E-state index >= 15 is 0 Å². The van der Waals surface area contributed by atoms with Crippen molar-refractivity contribution in [1.82, 2.24) is 9.97 Å². The lowest BCUT2D eigenvalue weighted by atomic mass is 9.99. The van der Waals surface area contributed by atoms with Gasteiger partial charge in [0.2, 0.25) is 5.91 Å². The van der Waals surface area contributed by atoms with Crippen LogP contribution in [-0.4, -0.2) is 15.9 Å². The van der Waals surface area contributed by atoms with Gasteiger partial charge in [-0.3, -0.25) is 4.79 Å². The number of halogens is 2. The number of nitrogens with two attached hydrogens (primary N) is 1. The van der Waals surface area contributed by atoms with Crippen molar-refractivity contribution in [3.63, 3.8) is 0 Å². The molecule has 4 nitrogen and oxygen atoms in total. The van der Waals surface area contributed by atoms with Crippen molar-refractivity contribution in [2.75, 3.05) is 0 Å². The van der Waals surface area contributed by atoms with Gasteiger partial charge in [-0.2, -0.15) is 0 Å². The molecule has 0 saturated heterocycles. The molecule has 0 spiro atoms. The number of carbonyl (C=O) groups is 1. The van der Waals surface area contributed by atoms with Gasteiger partial charge in [0.1, 0.15) is 11.6 Å². The van der Waals surface area contributed by atoms with Crippen molar-refractivity contribution in [1.29, 1.82) is 0 Å². The van der Waals surface area contributed by atoms with E-state index in [2.05, 4.69) is 9.97 Å². The molecule has 0 bridgehead atoms. The van der Waals surface area contributed by atoms with E-state index in [4.69, 9.17) is 17.3 Å². The van der Waals surface area contributed by atoms with Crippen LogP contribution in [0.3, 0.4) is 0 Å². The molecule has 0 unspecified atom stereocenters. The van der Waals surface area contributed by atoms with Gasteiger partial charge in [-0.05, 0) is 53.1 Å². The summed E-state index contributed by atoms with van der Waals surface area (Å²) in [4.78, 5) is 19.4. The maximum Gasteiger partial charge on any atom is 0.249 e. The average Bonchev–Trinajstić information content (AvgIpc) is 3.11. The number of rotatable bonds is 4. The molecule has 0 saturated carbocycles. The fourth-order valence-electron chi connectivity index (χ4n) is 3.02. The van der Waals surface area contributed by atoms with Crippen molar-refractivity contribution in [2.24, 2.45) is 5.73 Å². The first kappa shape index (κ1) is 17.9. The third-order valence-electron chi connectivity index (χ3n) is 4.38. The van der Waals surface area contributed by atoms with Gasteiger partial charge in [-0.15, -0.1) is 0 Å². The highest BCUT2D eigenvalue weighted by molar-refractivity contribution is 6.30. The largest absolute Gasteiger partial charge is 0.366 e. The quantitative estimate of drug-likeness (QED) is 0.496. The van der Waals surface area contributed by atoms with Gasteiger partial charge in [0.15, 0.2) is 0 Å². The number of hydrogen-bond donors (Lipinski definition) is 2. The van der Waals surface area contributed by atoms with Crippen LogP contribution in [0.4, 0.5) is 4.39 Å². The SMILES string of the molecule is NC(=O)c1ccccc1-c1ccc2nc(/C=C/c3ccc(F)c(Cl)c3)[nH]c2c1. The van der Waals surface area contributed by atoms with Crippen molar-refractivity contribution in [3.05, 3.63) is 88.5 Å². The molecule has 1 aromatic heterocycles. The Balaban J connectivity index is 1.68. The summed E-state index contributed by atoms with van der Waals surface area (Å²) in [7, 11) is 0. The van der Waals surface area contributed by atoms with E-state index in [1.165, 1.54) is 6.07 Å². The number of imidazole rings is 1. The molecule has 0 aliphatic rings. The van der Waals surface area contributed by atoms with Crippen LogP contribution in [-0.2, 0) is 0 Å². The second kappa shape index (κ2) is 7.29. The summed E-state index contributed by atoms with van der Waals surface area (Å²) in [5.74, 6) is -0.274. The maximum atomic E-state index is 13.3. The normalized spacial score (nSPS) is 11.4. The fraction of sp³-hybridized carbons (Fsp3) is 0. The highest BCUT2D eigenvalue weighted by Crippen LogP contribution is 2.27. The highest BCUT2D eigenvalue weighted by Gasteiger charge is 2.10. The molecule has 1 heterocycles. The molecular formula is C22H15ClFN3O. The summed E-state index contributed by atoms with van der Waals surface area (Å²) < 4.78 is 13.3. The molecule has 0 radical (unpaired) electrons. The summed E-state index contributed by atoms with van der Waals surface area (Å²) >= 11 is 5.81. The smallest absolute Gasteiger partial charge is 0.249 e. The van der Waals surface area contributed by atoms with Crippen LogP contribution in [0.25, 0.3) is 34.3 Å². The average molecular weight is 392 g/mol. The molecule has 0 aliphatic carbocycles. The van der Waals surface area contributed by atoms with E-state index in [9.17, 15) is 9.18 Å². The Labute approximate surface area is 165 Å². The van der Waals surface area contributed by atoms with E-state index in [1.807, 2.05) is 30.3 Å². The Morgan fingerprint density at radius 1 is 1.07 bits per heavy atom. The first-order valence-electron chi connectivity index (χ1n) is 8.53. The Kier molecular flexibility index (Phi) is 4.67. The zero-order chi connectivity index (χ0) is 19.7. The van der Waals surface area contributed by atoms with Gasteiger partial charge in [-0.25, -0.2) is 9.37 Å². The Bertz CT molecular complexity index is 1230. The van der Waals surface area contributed by atoms with Crippen LogP contribution in [0.15, 0.2) is 60.7 Å². The van der Waals surface area contributed by atoms with Crippen molar-refractivity contribution in [3.8, 4) is 11.1 Å². The molecule has 3 N–H and O–H groups in total. The van der Waals surface area contributed by atoms with Crippen LogP contribution in [0, 0.1) is 5.82 Å². The van der Waals surface area contributed by atoms with E-state index in [1.54, 1.807) is 36.4 Å². The predicted octanol–water partition coefficient (Wildman–Crippen LogP) is 5.29. The third kappa shape index (κ3) is 3.52. The second-order valence-electron chi connectivity index (χ2n) is 6.27. The van der Waals surface area contributed by atoms with Crippen LogP contribution in [0.5, 0.6) is 0 Å². The van der Waals surface area contributed by atoms with Gasteiger partial charge < -0.3 is 10.7 Å². The minimum atomic E-state index is -0.470. The predicted molar refractivity (Wildman–Crippen MR) is 110 cm³/mol. The zero-order valence-electron chi connectivity index (χ0n) is 14.6. The molecule has 0 fully saturated rings. The molecular weight excluding hydrogens is 377 g/mol. The van der Waals surface area contributed by atoms with E-state index < -0.39 is 11.7 Å². The number of amides is 1. The first-order valence-corrected chi connectivity index (χ1v) is 8.91. The molecule has 1 amide bonds. The lowest BCUT2D eigenvalue weighted by molar-refractivity contribution is 0.100. The Hall–Kier alpha value is -3.44. The molecule has 0 aliphatic heterocycles. The Morgan fingerprint density at radius 2 is 1.89 bits per heavy atom. The van der Waals surface area contributed by atoms with Gasteiger partial charge in [0, 0.05) is 5.56 Å². The van der Waals surface area contributed by atoms with Gasteiger partial charge in [0.25, 0.3) is 0 Å². The van der Waals surface area contributed by atoms with Crippen LogP contribution >= 0.6 is 11.6 Å². The lowest BCUT2D eigenvalue weighted by Crippen LogP contribution is -2.12. The fourth-order valence-corrected chi connectivity index (χ4v) is 3.21. The van der Waals surface area contributed by atoms with Crippen molar-refractivity contribution in [2.45, 2.75) is 0 Å². The number of nitrogens with zero attached hydrogens (tertiary/aromatic N) is 1. The minimum Gasteiger partial charge on any atom is -0.366 e. The van der Waals surface area contributed by atoms with E-state index in [0.717, 1.165) is 27.7 Å². The number of H-pyrrole nitrogens is 1.